The van der Waals surface area contributed by atoms with Crippen LogP contribution in [0.3, 0.4) is 0 Å². The van der Waals surface area contributed by atoms with E-state index in [0.717, 1.165) is 0 Å². The molecule has 1 aromatic rings. The number of alkyl halides is 7. The Balaban J connectivity index is 3.55. The van der Waals surface area contributed by atoms with Crippen molar-refractivity contribution in [1.29, 1.82) is 0 Å². The summed E-state index contributed by atoms with van der Waals surface area (Å²) in [5.74, 6) is 0. The third-order valence-corrected chi connectivity index (χ3v) is 3.29. The first-order chi connectivity index (χ1) is 7.89. The van der Waals surface area contributed by atoms with Gasteiger partial charge < -0.3 is 0 Å². The summed E-state index contributed by atoms with van der Waals surface area (Å²) in [5.41, 5.74) is -6.82. The molecular formula is C9H3F7I2. The van der Waals surface area contributed by atoms with Crippen LogP contribution in [0.1, 0.15) is 5.56 Å². The Labute approximate surface area is 124 Å². The van der Waals surface area contributed by atoms with Gasteiger partial charge in [0, 0.05) is 12.7 Å². The molecule has 0 spiro atoms. The van der Waals surface area contributed by atoms with Crippen molar-refractivity contribution in [3.05, 3.63) is 30.9 Å². The van der Waals surface area contributed by atoms with Crippen LogP contribution in [0.2, 0.25) is 0 Å². The minimum Gasteiger partial charge on any atom is -0.218 e. The van der Waals surface area contributed by atoms with Crippen LogP contribution in [-0.2, 0) is 5.67 Å². The fourth-order valence-corrected chi connectivity index (χ4v) is 3.18. The van der Waals surface area contributed by atoms with Gasteiger partial charge in [-0.25, -0.2) is 4.39 Å². The molecule has 1 rings (SSSR count). The summed E-state index contributed by atoms with van der Waals surface area (Å²) in [6, 6.07) is 2.39. The Morgan fingerprint density at radius 2 is 1.00 bits per heavy atom. The van der Waals surface area contributed by atoms with Crippen molar-refractivity contribution >= 4 is 45.2 Å². The van der Waals surface area contributed by atoms with Gasteiger partial charge in [-0.1, -0.05) is 0 Å². The monoisotopic (exact) mass is 498 g/mol. The van der Waals surface area contributed by atoms with Crippen LogP contribution in [-0.4, -0.2) is 12.4 Å². The molecule has 0 aromatic heterocycles. The Morgan fingerprint density at radius 1 is 0.667 bits per heavy atom. The fourth-order valence-electron chi connectivity index (χ4n) is 1.24. The van der Waals surface area contributed by atoms with Gasteiger partial charge in [0.15, 0.2) is 0 Å². The third-order valence-electron chi connectivity index (χ3n) is 2.04. The van der Waals surface area contributed by atoms with E-state index in [0.29, 0.717) is 12.1 Å². The molecule has 0 saturated heterocycles. The van der Waals surface area contributed by atoms with E-state index >= 15 is 0 Å². The summed E-state index contributed by atoms with van der Waals surface area (Å²) in [6.45, 7) is 0. The largest absolute Gasteiger partial charge is 0.435 e. The number of hydrogen-bond acceptors (Lipinski definition) is 0. The fraction of sp³-hybridized carbons (Fsp3) is 0.333. The van der Waals surface area contributed by atoms with E-state index in [1.165, 1.54) is 51.2 Å². The van der Waals surface area contributed by atoms with Gasteiger partial charge in [-0.05, 0) is 63.4 Å². The maximum Gasteiger partial charge on any atom is 0.435 e. The lowest BCUT2D eigenvalue weighted by Gasteiger charge is -2.30. The SMILES string of the molecule is FC(F)(F)C(F)(c1cc(I)cc(I)c1)C(F)(F)F. The van der Waals surface area contributed by atoms with Crippen LogP contribution in [0, 0.1) is 7.14 Å². The normalized spacial score (nSPS) is 13.8. The third kappa shape index (κ3) is 2.85. The predicted octanol–water partition coefficient (Wildman–Crippen LogP) is 5.19. The molecule has 0 N–H and O–H groups in total. The van der Waals surface area contributed by atoms with Gasteiger partial charge in [0.25, 0.3) is 0 Å². The van der Waals surface area contributed by atoms with Crippen LogP contribution in [0.15, 0.2) is 18.2 Å². The molecular weight excluding hydrogens is 495 g/mol. The van der Waals surface area contributed by atoms with E-state index in [2.05, 4.69) is 0 Å². The second kappa shape index (κ2) is 4.94. The predicted molar refractivity (Wildman–Crippen MR) is 66.8 cm³/mol. The lowest BCUT2D eigenvalue weighted by atomic mass is 9.94. The van der Waals surface area contributed by atoms with Crippen molar-refractivity contribution in [2.24, 2.45) is 0 Å². The van der Waals surface area contributed by atoms with Crippen LogP contribution in [0.25, 0.3) is 0 Å². The van der Waals surface area contributed by atoms with Gasteiger partial charge in [-0.2, -0.15) is 26.3 Å². The molecule has 0 aliphatic carbocycles. The average Bonchev–Trinajstić information content (AvgIpc) is 2.11. The van der Waals surface area contributed by atoms with Gasteiger partial charge in [0.2, 0.25) is 0 Å². The van der Waals surface area contributed by atoms with Crippen LogP contribution >= 0.6 is 45.2 Å². The molecule has 0 aliphatic heterocycles. The summed E-state index contributed by atoms with van der Waals surface area (Å²) in [7, 11) is 0. The summed E-state index contributed by atoms with van der Waals surface area (Å²) < 4.78 is 88.5. The van der Waals surface area contributed by atoms with E-state index < -0.39 is 23.6 Å². The molecule has 18 heavy (non-hydrogen) atoms. The van der Waals surface area contributed by atoms with Crippen molar-refractivity contribution in [2.45, 2.75) is 18.0 Å². The minimum atomic E-state index is -6.07. The molecule has 0 heterocycles. The number of halogens is 9. The molecule has 0 radical (unpaired) electrons. The zero-order valence-electron chi connectivity index (χ0n) is 8.13. The number of rotatable bonds is 1. The van der Waals surface area contributed by atoms with Crippen LogP contribution in [0.5, 0.6) is 0 Å². The summed E-state index contributed by atoms with van der Waals surface area (Å²) >= 11 is 3.04. The van der Waals surface area contributed by atoms with Crippen molar-refractivity contribution < 1.29 is 30.7 Å². The Kier molecular flexibility index (Phi) is 4.46. The first-order valence-corrected chi connectivity index (χ1v) is 6.34. The van der Waals surface area contributed by atoms with Gasteiger partial charge in [0.05, 0.1) is 0 Å². The zero-order valence-corrected chi connectivity index (χ0v) is 12.4. The van der Waals surface area contributed by atoms with Gasteiger partial charge in [0.1, 0.15) is 0 Å². The standard InChI is InChI=1S/C9H3F7I2/c10-7(8(11,12)13,9(14,15)16)4-1-5(17)3-6(18)2-4/h1-3H. The topological polar surface area (TPSA) is 0 Å². The maximum atomic E-state index is 13.6. The van der Waals surface area contributed by atoms with Crippen LogP contribution in [0.4, 0.5) is 30.7 Å². The molecule has 0 fully saturated rings. The highest BCUT2D eigenvalue weighted by molar-refractivity contribution is 14.1. The zero-order chi connectivity index (χ0) is 14.4. The van der Waals surface area contributed by atoms with Crippen molar-refractivity contribution in [1.82, 2.24) is 0 Å². The smallest absolute Gasteiger partial charge is 0.218 e. The summed E-state index contributed by atoms with van der Waals surface area (Å²) in [5, 5.41) is 0. The molecule has 9 heteroatoms. The molecule has 0 amide bonds. The molecule has 0 nitrogen and oxygen atoms in total. The highest BCUT2D eigenvalue weighted by Crippen LogP contribution is 2.53. The van der Waals surface area contributed by atoms with Crippen molar-refractivity contribution in [3.63, 3.8) is 0 Å². The van der Waals surface area contributed by atoms with E-state index in [4.69, 9.17) is 0 Å². The molecule has 0 bridgehead atoms. The molecule has 0 aliphatic rings. The van der Waals surface area contributed by atoms with Crippen molar-refractivity contribution in [3.8, 4) is 0 Å². The van der Waals surface area contributed by atoms with Gasteiger partial charge in [-0.15, -0.1) is 0 Å². The minimum absolute atomic E-state index is 0.0880. The molecule has 0 atom stereocenters. The second-order valence-electron chi connectivity index (χ2n) is 3.31. The Hall–Kier alpha value is 0.190. The highest BCUT2D eigenvalue weighted by atomic mass is 127. The quantitative estimate of drug-likeness (QED) is 0.370. The molecule has 0 unspecified atom stereocenters. The first kappa shape index (κ1) is 16.2. The number of hydrogen-bond donors (Lipinski definition) is 0. The van der Waals surface area contributed by atoms with E-state index in [1.807, 2.05) is 0 Å². The lowest BCUT2D eigenvalue weighted by Crippen LogP contribution is -2.50. The highest BCUT2D eigenvalue weighted by Gasteiger charge is 2.73. The summed E-state index contributed by atoms with van der Waals surface area (Å²) in [4.78, 5) is 0. The first-order valence-electron chi connectivity index (χ1n) is 4.18. The van der Waals surface area contributed by atoms with E-state index in [9.17, 15) is 30.7 Å². The molecule has 102 valence electrons. The van der Waals surface area contributed by atoms with Gasteiger partial charge in [-0.3, -0.25) is 0 Å². The van der Waals surface area contributed by atoms with Gasteiger partial charge >= 0.3 is 18.0 Å². The lowest BCUT2D eigenvalue weighted by molar-refractivity contribution is -0.348. The number of benzene rings is 1. The van der Waals surface area contributed by atoms with Crippen LogP contribution < -0.4 is 0 Å². The Morgan fingerprint density at radius 3 is 1.28 bits per heavy atom. The summed E-state index contributed by atoms with van der Waals surface area (Å²) in [6.07, 6.45) is -12.1. The van der Waals surface area contributed by atoms with Crippen molar-refractivity contribution in [2.75, 3.05) is 0 Å². The average molecular weight is 498 g/mol. The maximum absolute atomic E-state index is 13.6. The molecule has 1 aromatic carbocycles. The molecule has 0 saturated carbocycles. The Bertz CT molecular complexity index is 415. The van der Waals surface area contributed by atoms with E-state index in [1.54, 1.807) is 0 Å². The second-order valence-corrected chi connectivity index (χ2v) is 5.80. The van der Waals surface area contributed by atoms with E-state index in [-0.39, 0.29) is 7.14 Å².